The number of rotatable bonds is 7. The maximum absolute atomic E-state index is 10.5. The van der Waals surface area contributed by atoms with E-state index in [4.69, 9.17) is 19.3 Å². The molecule has 0 aliphatic carbocycles. The maximum atomic E-state index is 10.5. The van der Waals surface area contributed by atoms with Gasteiger partial charge in [-0.2, -0.15) is 0 Å². The molecular weight excluding hydrogens is 284 g/mol. The summed E-state index contributed by atoms with van der Waals surface area (Å²) in [5.74, 6) is -1.57. The summed E-state index contributed by atoms with van der Waals surface area (Å²) in [4.78, 5) is 10.5. The summed E-state index contributed by atoms with van der Waals surface area (Å²) in [5.41, 5.74) is 1.64. The highest BCUT2D eigenvalue weighted by atomic mass is 16.7. The van der Waals surface area contributed by atoms with Gasteiger partial charge in [-0.1, -0.05) is 30.3 Å². The summed E-state index contributed by atoms with van der Waals surface area (Å²) in [7, 11) is 3.15. The SMILES string of the molecule is COC(OC)(c1ccccc1)c1ccc(OCC(=O)O)cc1. The van der Waals surface area contributed by atoms with E-state index >= 15 is 0 Å². The van der Waals surface area contributed by atoms with Crippen LogP contribution in [-0.4, -0.2) is 31.9 Å². The average Bonchev–Trinajstić information content (AvgIpc) is 2.57. The van der Waals surface area contributed by atoms with Crippen molar-refractivity contribution in [1.29, 1.82) is 0 Å². The van der Waals surface area contributed by atoms with Gasteiger partial charge in [0.05, 0.1) is 0 Å². The van der Waals surface area contributed by atoms with Crippen LogP contribution in [-0.2, 0) is 20.1 Å². The van der Waals surface area contributed by atoms with E-state index in [1.807, 2.05) is 30.3 Å². The molecule has 0 unspecified atom stereocenters. The molecule has 0 heterocycles. The van der Waals surface area contributed by atoms with E-state index in [1.165, 1.54) is 0 Å². The number of carboxylic acids is 1. The number of methoxy groups -OCH3 is 2. The van der Waals surface area contributed by atoms with Crippen LogP contribution < -0.4 is 4.74 Å². The molecule has 0 saturated carbocycles. The van der Waals surface area contributed by atoms with Crippen molar-refractivity contribution in [3.63, 3.8) is 0 Å². The van der Waals surface area contributed by atoms with Crippen LogP contribution in [0.5, 0.6) is 5.75 Å². The molecule has 0 fully saturated rings. The Balaban J connectivity index is 2.31. The molecule has 116 valence electrons. The number of ether oxygens (including phenoxy) is 3. The first-order chi connectivity index (χ1) is 10.6. The van der Waals surface area contributed by atoms with E-state index in [1.54, 1.807) is 38.5 Å². The molecule has 5 nitrogen and oxygen atoms in total. The lowest BCUT2D eigenvalue weighted by Gasteiger charge is -2.31. The van der Waals surface area contributed by atoms with Crippen LogP contribution in [0.4, 0.5) is 0 Å². The lowest BCUT2D eigenvalue weighted by Crippen LogP contribution is -2.32. The maximum Gasteiger partial charge on any atom is 0.341 e. The fourth-order valence-electron chi connectivity index (χ4n) is 2.29. The minimum atomic E-state index is -1.02. The van der Waals surface area contributed by atoms with Crippen LogP contribution in [0.1, 0.15) is 11.1 Å². The third-order valence-electron chi connectivity index (χ3n) is 3.33. The number of aliphatic carboxylic acids is 1. The number of carboxylic acid groups (broad SMARTS) is 1. The molecule has 0 aromatic heterocycles. The van der Waals surface area contributed by atoms with Crippen molar-refractivity contribution >= 4 is 5.97 Å². The summed E-state index contributed by atoms with van der Waals surface area (Å²) >= 11 is 0. The molecule has 1 N–H and O–H groups in total. The molecule has 0 radical (unpaired) electrons. The highest BCUT2D eigenvalue weighted by Crippen LogP contribution is 2.34. The number of benzene rings is 2. The van der Waals surface area contributed by atoms with Crippen LogP contribution in [0.2, 0.25) is 0 Å². The first-order valence-electron chi connectivity index (χ1n) is 6.73. The smallest absolute Gasteiger partial charge is 0.341 e. The minimum Gasteiger partial charge on any atom is -0.482 e. The largest absolute Gasteiger partial charge is 0.482 e. The van der Waals surface area contributed by atoms with Crippen LogP contribution >= 0.6 is 0 Å². The molecule has 5 heteroatoms. The predicted molar refractivity (Wildman–Crippen MR) is 80.8 cm³/mol. The first-order valence-corrected chi connectivity index (χ1v) is 6.73. The molecule has 2 aromatic rings. The van der Waals surface area contributed by atoms with Crippen molar-refractivity contribution in [3.8, 4) is 5.75 Å². The summed E-state index contributed by atoms with van der Waals surface area (Å²) < 4.78 is 16.4. The van der Waals surface area contributed by atoms with Crippen LogP contribution in [0.25, 0.3) is 0 Å². The zero-order valence-electron chi connectivity index (χ0n) is 12.5. The first kappa shape index (κ1) is 16.0. The van der Waals surface area contributed by atoms with Crippen molar-refractivity contribution in [3.05, 3.63) is 65.7 Å². The minimum absolute atomic E-state index is 0.377. The molecule has 2 aromatic carbocycles. The molecule has 2 rings (SSSR count). The Hall–Kier alpha value is -2.37. The van der Waals surface area contributed by atoms with E-state index < -0.39 is 11.8 Å². The van der Waals surface area contributed by atoms with Gasteiger partial charge in [-0.15, -0.1) is 0 Å². The number of hydrogen-bond donors (Lipinski definition) is 1. The van der Waals surface area contributed by atoms with Gasteiger partial charge in [0.2, 0.25) is 5.79 Å². The fourth-order valence-corrected chi connectivity index (χ4v) is 2.29. The average molecular weight is 302 g/mol. The lowest BCUT2D eigenvalue weighted by molar-refractivity contribution is -0.183. The Bertz CT molecular complexity index is 603. The molecule has 0 atom stereocenters. The highest BCUT2D eigenvalue weighted by Gasteiger charge is 2.34. The summed E-state index contributed by atoms with van der Waals surface area (Å²) in [6.07, 6.45) is 0. The Kier molecular flexibility index (Phi) is 5.14. The second-order valence-corrected chi connectivity index (χ2v) is 4.60. The zero-order valence-corrected chi connectivity index (χ0v) is 12.5. The van der Waals surface area contributed by atoms with Crippen molar-refractivity contribution in [1.82, 2.24) is 0 Å². The standard InChI is InChI=1S/C17H18O5/c1-20-17(21-2,13-6-4-3-5-7-13)14-8-10-15(11-9-14)22-12-16(18)19/h3-11H,12H2,1-2H3,(H,18,19). The van der Waals surface area contributed by atoms with Gasteiger partial charge in [0, 0.05) is 25.3 Å². The van der Waals surface area contributed by atoms with E-state index in [2.05, 4.69) is 0 Å². The normalized spacial score (nSPS) is 11.2. The molecule has 0 amide bonds. The number of hydrogen-bond acceptors (Lipinski definition) is 4. The Morgan fingerprint density at radius 1 is 0.955 bits per heavy atom. The van der Waals surface area contributed by atoms with Crippen molar-refractivity contribution in [2.45, 2.75) is 5.79 Å². The van der Waals surface area contributed by atoms with Gasteiger partial charge in [0.15, 0.2) is 6.61 Å². The van der Waals surface area contributed by atoms with Gasteiger partial charge in [-0.3, -0.25) is 0 Å². The lowest BCUT2D eigenvalue weighted by atomic mass is 9.97. The van der Waals surface area contributed by atoms with Crippen LogP contribution in [0.3, 0.4) is 0 Å². The molecule has 0 aliphatic heterocycles. The van der Waals surface area contributed by atoms with Crippen molar-refractivity contribution in [2.24, 2.45) is 0 Å². The van der Waals surface area contributed by atoms with E-state index in [0.717, 1.165) is 11.1 Å². The highest BCUT2D eigenvalue weighted by molar-refractivity contribution is 5.68. The third-order valence-corrected chi connectivity index (χ3v) is 3.33. The summed E-state index contributed by atoms with van der Waals surface area (Å²) in [6.45, 7) is -0.377. The molecule has 0 spiro atoms. The molecule has 0 saturated heterocycles. The van der Waals surface area contributed by atoms with Crippen LogP contribution in [0, 0.1) is 0 Å². The molecule has 0 aliphatic rings. The van der Waals surface area contributed by atoms with Gasteiger partial charge >= 0.3 is 5.97 Å². The van der Waals surface area contributed by atoms with Gasteiger partial charge < -0.3 is 19.3 Å². The fraction of sp³-hybridized carbons (Fsp3) is 0.235. The van der Waals surface area contributed by atoms with Gasteiger partial charge in [-0.05, 0) is 24.3 Å². The Morgan fingerprint density at radius 3 is 2.00 bits per heavy atom. The van der Waals surface area contributed by atoms with E-state index in [0.29, 0.717) is 5.75 Å². The predicted octanol–water partition coefficient (Wildman–Crippen LogP) is 2.64. The molecule has 22 heavy (non-hydrogen) atoms. The quantitative estimate of drug-likeness (QED) is 0.797. The van der Waals surface area contributed by atoms with Gasteiger partial charge in [-0.25, -0.2) is 4.79 Å². The van der Waals surface area contributed by atoms with Crippen molar-refractivity contribution in [2.75, 3.05) is 20.8 Å². The van der Waals surface area contributed by atoms with Crippen molar-refractivity contribution < 1.29 is 24.1 Å². The van der Waals surface area contributed by atoms with E-state index in [-0.39, 0.29) is 6.61 Å². The topological polar surface area (TPSA) is 65.0 Å². The Labute approximate surface area is 129 Å². The van der Waals surface area contributed by atoms with Gasteiger partial charge in [0.1, 0.15) is 5.75 Å². The molecular formula is C17H18O5. The van der Waals surface area contributed by atoms with E-state index in [9.17, 15) is 4.79 Å². The monoisotopic (exact) mass is 302 g/mol. The van der Waals surface area contributed by atoms with Crippen LogP contribution in [0.15, 0.2) is 54.6 Å². The second-order valence-electron chi connectivity index (χ2n) is 4.60. The zero-order chi connectivity index (χ0) is 16.0. The number of carbonyl (C=O) groups is 1. The van der Waals surface area contributed by atoms with Gasteiger partial charge in [0.25, 0.3) is 0 Å². The summed E-state index contributed by atoms with van der Waals surface area (Å²) in [6, 6.07) is 16.5. The second kappa shape index (κ2) is 7.06. The summed E-state index contributed by atoms with van der Waals surface area (Å²) in [5, 5.41) is 8.62. The molecule has 0 bridgehead atoms. The Morgan fingerprint density at radius 2 is 1.50 bits per heavy atom. The third kappa shape index (κ3) is 3.27.